The van der Waals surface area contributed by atoms with Crippen LogP contribution in [0.25, 0.3) is 12.2 Å². The Bertz CT molecular complexity index is 745. The Morgan fingerprint density at radius 2 is 1.95 bits per heavy atom. The van der Waals surface area contributed by atoms with E-state index in [2.05, 4.69) is 10.4 Å². The molecule has 0 saturated carbocycles. The van der Waals surface area contributed by atoms with Crippen molar-refractivity contribution in [3.8, 4) is 0 Å². The molecule has 1 N–H and O–H groups in total. The highest BCUT2D eigenvalue weighted by molar-refractivity contribution is 7.10. The van der Waals surface area contributed by atoms with Gasteiger partial charge in [-0.1, -0.05) is 24.3 Å². The predicted octanol–water partition coefficient (Wildman–Crippen LogP) is 4.20. The lowest BCUT2D eigenvalue weighted by atomic mass is 10.3. The first kappa shape index (κ1) is 13.3. The van der Waals surface area contributed by atoms with E-state index in [0.717, 1.165) is 16.3 Å². The topological polar surface area (TPSA) is 46.9 Å². The van der Waals surface area contributed by atoms with Crippen molar-refractivity contribution in [2.45, 2.75) is 0 Å². The number of benzene rings is 1. The predicted molar refractivity (Wildman–Crippen MR) is 86.3 cm³/mol. The van der Waals surface area contributed by atoms with Crippen molar-refractivity contribution in [3.05, 3.63) is 70.7 Å². The van der Waals surface area contributed by atoms with Gasteiger partial charge in [0.2, 0.25) is 0 Å². The van der Waals surface area contributed by atoms with Crippen LogP contribution >= 0.6 is 11.3 Å². The largest absolute Gasteiger partial charge is 0.347 e. The number of hydrogen-bond donors (Lipinski definition) is 1. The fraction of sp³-hybridized carbons (Fsp3) is 0. The van der Waals surface area contributed by atoms with E-state index in [1.54, 1.807) is 23.6 Å². The maximum Gasteiger partial charge on any atom is 0.347 e. The van der Waals surface area contributed by atoms with Crippen LogP contribution in [-0.2, 0) is 0 Å². The molecule has 0 aliphatic heterocycles. The van der Waals surface area contributed by atoms with E-state index >= 15 is 0 Å². The third kappa shape index (κ3) is 3.27. The van der Waals surface area contributed by atoms with Crippen LogP contribution in [0, 0.1) is 0 Å². The van der Waals surface area contributed by atoms with Gasteiger partial charge in [0, 0.05) is 10.6 Å². The molecule has 21 heavy (non-hydrogen) atoms. The van der Waals surface area contributed by atoms with Gasteiger partial charge in [0.25, 0.3) is 0 Å². The molecule has 0 spiro atoms. The summed E-state index contributed by atoms with van der Waals surface area (Å²) in [5, 5.41) is 8.89. The van der Waals surface area contributed by atoms with Crippen molar-refractivity contribution < 1.29 is 4.79 Å². The minimum atomic E-state index is -0.281. The van der Waals surface area contributed by atoms with E-state index in [4.69, 9.17) is 0 Å². The summed E-state index contributed by atoms with van der Waals surface area (Å²) < 4.78 is 1.34. The summed E-state index contributed by atoms with van der Waals surface area (Å²) in [5.74, 6) is 0. The van der Waals surface area contributed by atoms with Crippen LogP contribution in [0.4, 0.5) is 10.5 Å². The third-order valence-electron chi connectivity index (χ3n) is 2.85. The quantitative estimate of drug-likeness (QED) is 0.787. The average Bonchev–Trinajstić information content (AvgIpc) is 3.17. The van der Waals surface area contributed by atoms with Crippen molar-refractivity contribution in [1.29, 1.82) is 0 Å². The highest BCUT2D eigenvalue weighted by atomic mass is 32.1. The second-order valence-corrected chi connectivity index (χ2v) is 5.29. The molecular formula is C16H13N3OS. The number of amides is 1. The molecule has 0 atom stereocenters. The molecule has 4 nitrogen and oxygen atoms in total. The minimum absolute atomic E-state index is 0.281. The number of aromatic nitrogens is 2. The van der Waals surface area contributed by atoms with Crippen molar-refractivity contribution in [3.63, 3.8) is 0 Å². The number of carbonyl (C=O) groups excluding carboxylic acids is 1. The van der Waals surface area contributed by atoms with Gasteiger partial charge in [0.05, 0.1) is 11.9 Å². The number of carbonyl (C=O) groups is 1. The van der Waals surface area contributed by atoms with Crippen molar-refractivity contribution in [2.75, 3.05) is 5.32 Å². The maximum atomic E-state index is 12.2. The zero-order chi connectivity index (χ0) is 14.5. The maximum absolute atomic E-state index is 12.2. The molecular weight excluding hydrogens is 282 g/mol. The highest BCUT2D eigenvalue weighted by Gasteiger charge is 2.08. The lowest BCUT2D eigenvalue weighted by molar-refractivity contribution is 0.251. The zero-order valence-corrected chi connectivity index (χ0v) is 12.0. The van der Waals surface area contributed by atoms with Gasteiger partial charge in [-0.2, -0.15) is 9.78 Å². The van der Waals surface area contributed by atoms with Crippen LogP contribution in [0.2, 0.25) is 0 Å². The van der Waals surface area contributed by atoms with E-state index < -0.39 is 0 Å². The van der Waals surface area contributed by atoms with Crippen molar-refractivity contribution in [2.24, 2.45) is 0 Å². The third-order valence-corrected chi connectivity index (χ3v) is 3.69. The molecule has 2 heterocycles. The number of nitrogens with zero attached hydrogens (tertiary/aromatic N) is 2. The van der Waals surface area contributed by atoms with E-state index in [9.17, 15) is 4.79 Å². The molecule has 0 fully saturated rings. The van der Waals surface area contributed by atoms with Crippen LogP contribution in [0.15, 0.2) is 60.1 Å². The normalized spacial score (nSPS) is 10.9. The molecule has 0 aliphatic rings. The Labute approximate surface area is 126 Å². The van der Waals surface area contributed by atoms with Crippen LogP contribution in [0.3, 0.4) is 0 Å². The molecule has 0 unspecified atom stereocenters. The molecule has 1 amide bonds. The van der Waals surface area contributed by atoms with E-state index in [1.165, 1.54) is 4.68 Å². The first-order chi connectivity index (χ1) is 10.3. The van der Waals surface area contributed by atoms with Crippen molar-refractivity contribution >= 4 is 35.2 Å². The fourth-order valence-corrected chi connectivity index (χ4v) is 2.48. The van der Waals surface area contributed by atoms with Gasteiger partial charge in [-0.25, -0.2) is 4.79 Å². The number of hydrogen-bond acceptors (Lipinski definition) is 3. The van der Waals surface area contributed by atoms with Gasteiger partial charge in [0.1, 0.15) is 0 Å². The summed E-state index contributed by atoms with van der Waals surface area (Å²) in [4.78, 5) is 13.3. The molecule has 5 heteroatoms. The van der Waals surface area contributed by atoms with Crippen molar-refractivity contribution in [1.82, 2.24) is 9.78 Å². The second kappa shape index (κ2) is 6.19. The number of thiophene rings is 1. The highest BCUT2D eigenvalue weighted by Crippen LogP contribution is 2.13. The molecule has 0 bridgehead atoms. The minimum Gasteiger partial charge on any atom is -0.306 e. The summed E-state index contributed by atoms with van der Waals surface area (Å²) in [5.41, 5.74) is 1.48. The Kier molecular flexibility index (Phi) is 3.93. The number of rotatable bonds is 3. The van der Waals surface area contributed by atoms with E-state index in [1.807, 2.05) is 60.0 Å². The Balaban J connectivity index is 1.77. The fourth-order valence-electron chi connectivity index (χ4n) is 1.86. The SMILES string of the molecule is O=C(Nc1ccccc1)n1nccc1/C=C/c1cccs1. The summed E-state index contributed by atoms with van der Waals surface area (Å²) in [6.07, 6.45) is 5.45. The lowest BCUT2D eigenvalue weighted by Gasteiger charge is -2.06. The van der Waals surface area contributed by atoms with Gasteiger partial charge < -0.3 is 5.32 Å². The molecule has 3 rings (SSSR count). The first-order valence-corrected chi connectivity index (χ1v) is 7.33. The molecule has 0 saturated heterocycles. The summed E-state index contributed by atoms with van der Waals surface area (Å²) >= 11 is 1.64. The van der Waals surface area contributed by atoms with E-state index in [-0.39, 0.29) is 6.03 Å². The molecule has 1 aromatic carbocycles. The number of anilines is 1. The summed E-state index contributed by atoms with van der Waals surface area (Å²) in [6.45, 7) is 0. The zero-order valence-electron chi connectivity index (χ0n) is 11.1. The van der Waals surface area contributed by atoms with Gasteiger partial charge in [-0.05, 0) is 41.8 Å². The molecule has 3 aromatic rings. The van der Waals surface area contributed by atoms with Crippen LogP contribution in [-0.4, -0.2) is 15.8 Å². The Morgan fingerprint density at radius 3 is 2.71 bits per heavy atom. The van der Waals surface area contributed by atoms with Gasteiger partial charge in [-0.15, -0.1) is 11.3 Å². The molecule has 2 aromatic heterocycles. The Hall–Kier alpha value is -2.66. The van der Waals surface area contributed by atoms with E-state index in [0.29, 0.717) is 0 Å². The molecule has 104 valence electrons. The van der Waals surface area contributed by atoms with Gasteiger partial charge >= 0.3 is 6.03 Å². The number of nitrogens with one attached hydrogen (secondary N) is 1. The summed E-state index contributed by atoms with van der Waals surface area (Å²) in [7, 11) is 0. The van der Waals surface area contributed by atoms with Crippen LogP contribution in [0.5, 0.6) is 0 Å². The molecule has 0 radical (unpaired) electrons. The second-order valence-electron chi connectivity index (χ2n) is 4.31. The molecule has 0 aliphatic carbocycles. The smallest absolute Gasteiger partial charge is 0.306 e. The van der Waals surface area contributed by atoms with Gasteiger partial charge in [-0.3, -0.25) is 0 Å². The van der Waals surface area contributed by atoms with Gasteiger partial charge in [0.15, 0.2) is 0 Å². The number of para-hydroxylation sites is 1. The Morgan fingerprint density at radius 1 is 1.10 bits per heavy atom. The van der Waals surface area contributed by atoms with Crippen LogP contribution < -0.4 is 5.32 Å². The monoisotopic (exact) mass is 295 g/mol. The van der Waals surface area contributed by atoms with Crippen LogP contribution in [0.1, 0.15) is 10.6 Å². The standard InChI is InChI=1S/C16H13N3OS/c20-16(18-13-5-2-1-3-6-13)19-14(10-11-17-19)8-9-15-7-4-12-21-15/h1-12H,(H,18,20)/b9-8+. The average molecular weight is 295 g/mol. The lowest BCUT2D eigenvalue weighted by Crippen LogP contribution is -2.21. The summed E-state index contributed by atoms with van der Waals surface area (Å²) in [6, 6.07) is 14.8. The first-order valence-electron chi connectivity index (χ1n) is 6.45.